The number of hydrogen-bond donors (Lipinski definition) is 1. The first kappa shape index (κ1) is 13.8. The minimum Gasteiger partial charge on any atom is -0.375 e. The van der Waals surface area contributed by atoms with Crippen molar-refractivity contribution in [2.24, 2.45) is 5.41 Å². The summed E-state index contributed by atoms with van der Waals surface area (Å²) in [5.74, 6) is 0. The van der Waals surface area contributed by atoms with Gasteiger partial charge in [0.1, 0.15) is 5.69 Å². The van der Waals surface area contributed by atoms with Crippen LogP contribution in [0.25, 0.3) is 0 Å². The molecule has 0 aliphatic heterocycles. The fourth-order valence-electron chi connectivity index (χ4n) is 1.24. The molecule has 94 valence electrons. The Bertz CT molecular complexity index is 427. The summed E-state index contributed by atoms with van der Waals surface area (Å²) in [4.78, 5) is 10.5. The Morgan fingerprint density at radius 1 is 1.41 bits per heavy atom. The highest BCUT2D eigenvalue weighted by molar-refractivity contribution is 6.33. The van der Waals surface area contributed by atoms with Crippen molar-refractivity contribution < 1.29 is 4.92 Å². The lowest BCUT2D eigenvalue weighted by molar-refractivity contribution is -0.384. The van der Waals surface area contributed by atoms with Crippen molar-refractivity contribution in [3.05, 3.63) is 33.3 Å². The quantitative estimate of drug-likeness (QED) is 0.654. The van der Waals surface area contributed by atoms with Gasteiger partial charge in [-0.25, -0.2) is 0 Å². The van der Waals surface area contributed by atoms with Crippen LogP contribution in [0.3, 0.4) is 0 Å². The zero-order chi connectivity index (χ0) is 13.2. The molecule has 1 atom stereocenters. The molecule has 0 saturated carbocycles. The highest BCUT2D eigenvalue weighted by Crippen LogP contribution is 2.34. The van der Waals surface area contributed by atoms with E-state index in [1.807, 2.05) is 6.92 Å². The van der Waals surface area contributed by atoms with E-state index in [2.05, 4.69) is 26.1 Å². The zero-order valence-electron chi connectivity index (χ0n) is 10.5. The zero-order valence-corrected chi connectivity index (χ0v) is 11.2. The molecule has 0 saturated heterocycles. The first-order valence-corrected chi connectivity index (χ1v) is 5.80. The van der Waals surface area contributed by atoms with Gasteiger partial charge in [0.25, 0.3) is 5.69 Å². The average molecular weight is 257 g/mol. The Morgan fingerprint density at radius 2 is 2.00 bits per heavy atom. The Hall–Kier alpha value is -1.29. The lowest BCUT2D eigenvalue weighted by Crippen LogP contribution is -2.31. The van der Waals surface area contributed by atoms with Crippen molar-refractivity contribution in [3.63, 3.8) is 0 Å². The van der Waals surface area contributed by atoms with Gasteiger partial charge in [-0.05, 0) is 18.4 Å². The van der Waals surface area contributed by atoms with E-state index in [0.717, 1.165) is 0 Å². The minimum absolute atomic E-state index is 0.00691. The van der Waals surface area contributed by atoms with Crippen molar-refractivity contribution in [1.82, 2.24) is 0 Å². The number of rotatable bonds is 3. The fraction of sp³-hybridized carbons (Fsp3) is 0.500. The van der Waals surface area contributed by atoms with Gasteiger partial charge in [0.15, 0.2) is 0 Å². The maximum absolute atomic E-state index is 10.9. The number of anilines is 1. The molecular weight excluding hydrogens is 240 g/mol. The van der Waals surface area contributed by atoms with Gasteiger partial charge in [0.05, 0.1) is 9.95 Å². The number of nitrogens with zero attached hydrogens (tertiary/aromatic N) is 1. The highest BCUT2D eigenvalue weighted by Gasteiger charge is 2.24. The van der Waals surface area contributed by atoms with Crippen LogP contribution in [0.2, 0.25) is 5.02 Å². The minimum atomic E-state index is -0.427. The molecule has 1 aromatic carbocycles. The van der Waals surface area contributed by atoms with Gasteiger partial charge in [-0.15, -0.1) is 0 Å². The molecule has 0 spiro atoms. The molecule has 1 aromatic rings. The Balaban J connectivity index is 3.09. The van der Waals surface area contributed by atoms with Crippen LogP contribution in [-0.4, -0.2) is 11.0 Å². The third-order valence-electron chi connectivity index (χ3n) is 2.85. The maximum atomic E-state index is 10.9. The largest absolute Gasteiger partial charge is 0.375 e. The number of nitro groups is 1. The van der Waals surface area contributed by atoms with Crippen molar-refractivity contribution >= 4 is 23.0 Å². The highest BCUT2D eigenvalue weighted by atomic mass is 35.5. The van der Waals surface area contributed by atoms with Crippen LogP contribution in [0.4, 0.5) is 11.4 Å². The van der Waals surface area contributed by atoms with E-state index in [9.17, 15) is 10.1 Å². The van der Waals surface area contributed by atoms with Crippen LogP contribution in [0, 0.1) is 15.5 Å². The van der Waals surface area contributed by atoms with E-state index >= 15 is 0 Å². The lowest BCUT2D eigenvalue weighted by Gasteiger charge is -2.29. The molecule has 0 bridgehead atoms. The second-order valence-corrected chi connectivity index (χ2v) is 5.53. The number of nitrogens with one attached hydrogen (secondary N) is 1. The third-order valence-corrected chi connectivity index (χ3v) is 3.16. The van der Waals surface area contributed by atoms with Gasteiger partial charge in [-0.3, -0.25) is 10.1 Å². The normalized spacial score (nSPS) is 13.2. The molecule has 0 aliphatic rings. The number of hydrogen-bond acceptors (Lipinski definition) is 3. The van der Waals surface area contributed by atoms with Crippen LogP contribution in [0.15, 0.2) is 18.2 Å². The summed E-state index contributed by atoms with van der Waals surface area (Å²) in [6.07, 6.45) is 0. The topological polar surface area (TPSA) is 55.2 Å². The molecule has 5 heteroatoms. The summed E-state index contributed by atoms with van der Waals surface area (Å²) in [5, 5.41) is 14.4. The molecule has 0 heterocycles. The molecule has 0 aliphatic carbocycles. The summed E-state index contributed by atoms with van der Waals surface area (Å²) in [6, 6.07) is 4.74. The van der Waals surface area contributed by atoms with E-state index in [4.69, 9.17) is 11.6 Å². The summed E-state index contributed by atoms with van der Waals surface area (Å²) >= 11 is 6.00. The summed E-state index contributed by atoms with van der Waals surface area (Å²) in [6.45, 7) is 8.17. The van der Waals surface area contributed by atoms with E-state index in [-0.39, 0.29) is 17.1 Å². The SMILES string of the molecule is CC(Nc1c(Cl)cccc1[N+](=O)[O-])C(C)(C)C. The molecule has 0 aromatic heterocycles. The standard InChI is InChI=1S/C12H17ClN2O2/c1-8(12(2,3)4)14-11-9(13)6-5-7-10(11)15(16)17/h5-8,14H,1-4H3. The molecule has 0 amide bonds. The van der Waals surface area contributed by atoms with Crippen LogP contribution in [-0.2, 0) is 0 Å². The van der Waals surface area contributed by atoms with Crippen molar-refractivity contribution in [2.45, 2.75) is 33.7 Å². The predicted molar refractivity (Wildman–Crippen MR) is 70.6 cm³/mol. The summed E-state index contributed by atoms with van der Waals surface area (Å²) < 4.78 is 0. The summed E-state index contributed by atoms with van der Waals surface area (Å²) in [5.41, 5.74) is 0.391. The van der Waals surface area contributed by atoms with Crippen LogP contribution in [0.5, 0.6) is 0 Å². The van der Waals surface area contributed by atoms with E-state index in [1.54, 1.807) is 12.1 Å². The van der Waals surface area contributed by atoms with Crippen molar-refractivity contribution in [3.8, 4) is 0 Å². The van der Waals surface area contributed by atoms with E-state index in [0.29, 0.717) is 10.7 Å². The van der Waals surface area contributed by atoms with Gasteiger partial charge in [0.2, 0.25) is 0 Å². The van der Waals surface area contributed by atoms with Crippen LogP contribution in [0.1, 0.15) is 27.7 Å². The molecule has 1 rings (SSSR count). The van der Waals surface area contributed by atoms with Gasteiger partial charge in [-0.1, -0.05) is 38.4 Å². The molecule has 17 heavy (non-hydrogen) atoms. The first-order valence-electron chi connectivity index (χ1n) is 5.43. The number of para-hydroxylation sites is 1. The smallest absolute Gasteiger partial charge is 0.293 e. The molecular formula is C12H17ClN2O2. The molecule has 4 nitrogen and oxygen atoms in total. The van der Waals surface area contributed by atoms with E-state index < -0.39 is 4.92 Å². The number of nitro benzene ring substituents is 1. The Morgan fingerprint density at radius 3 is 2.47 bits per heavy atom. The first-order chi connectivity index (χ1) is 7.73. The summed E-state index contributed by atoms with van der Waals surface area (Å²) in [7, 11) is 0. The number of halogens is 1. The average Bonchev–Trinajstić information content (AvgIpc) is 2.18. The monoisotopic (exact) mass is 256 g/mol. The Labute approximate surface area is 106 Å². The number of benzene rings is 1. The fourth-order valence-corrected chi connectivity index (χ4v) is 1.46. The van der Waals surface area contributed by atoms with Gasteiger partial charge in [0, 0.05) is 12.1 Å². The van der Waals surface area contributed by atoms with Gasteiger partial charge >= 0.3 is 0 Å². The molecule has 0 fully saturated rings. The van der Waals surface area contributed by atoms with Crippen LogP contribution < -0.4 is 5.32 Å². The van der Waals surface area contributed by atoms with Gasteiger partial charge < -0.3 is 5.32 Å². The lowest BCUT2D eigenvalue weighted by atomic mass is 9.88. The van der Waals surface area contributed by atoms with E-state index in [1.165, 1.54) is 6.07 Å². The molecule has 1 N–H and O–H groups in total. The van der Waals surface area contributed by atoms with Gasteiger partial charge in [-0.2, -0.15) is 0 Å². The van der Waals surface area contributed by atoms with Crippen LogP contribution >= 0.6 is 11.6 Å². The second kappa shape index (κ2) is 4.92. The third kappa shape index (κ3) is 3.33. The van der Waals surface area contributed by atoms with Crippen molar-refractivity contribution in [2.75, 3.05) is 5.32 Å². The Kier molecular flexibility index (Phi) is 3.98. The maximum Gasteiger partial charge on any atom is 0.293 e. The van der Waals surface area contributed by atoms with Crippen molar-refractivity contribution in [1.29, 1.82) is 0 Å². The molecule has 1 unspecified atom stereocenters. The molecule has 0 radical (unpaired) electrons. The second-order valence-electron chi connectivity index (χ2n) is 5.12. The predicted octanol–water partition coefficient (Wildman–Crippen LogP) is 4.09.